The van der Waals surface area contributed by atoms with Gasteiger partial charge in [0.1, 0.15) is 11.6 Å². The van der Waals surface area contributed by atoms with Crippen LogP contribution in [-0.4, -0.2) is 38.9 Å². The fourth-order valence-corrected chi connectivity index (χ4v) is 2.39. The molecule has 0 aliphatic rings. The second-order valence-electron chi connectivity index (χ2n) is 7.17. The first-order valence-corrected chi connectivity index (χ1v) is 7.53. The van der Waals surface area contributed by atoms with E-state index in [1.165, 1.54) is 25.1 Å². The molecule has 134 valence electrons. The summed E-state index contributed by atoms with van der Waals surface area (Å²) >= 11 is 0. The van der Waals surface area contributed by atoms with Crippen LogP contribution < -0.4 is 5.73 Å². The average molecular weight is 339 g/mol. The molecule has 0 saturated heterocycles. The summed E-state index contributed by atoms with van der Waals surface area (Å²) in [4.78, 5) is 23.7. The predicted octanol–water partition coefficient (Wildman–Crippen LogP) is 1.96. The molecule has 0 bridgehead atoms. The number of phenols is 2. The van der Waals surface area contributed by atoms with Gasteiger partial charge in [-0.05, 0) is 52.3 Å². The van der Waals surface area contributed by atoms with E-state index < -0.39 is 40.7 Å². The lowest BCUT2D eigenvalue weighted by Crippen LogP contribution is -2.54. The Bertz CT molecular complexity index is 632. The van der Waals surface area contributed by atoms with Crippen molar-refractivity contribution in [1.82, 2.24) is 0 Å². The van der Waals surface area contributed by atoms with Gasteiger partial charge in [-0.1, -0.05) is 6.07 Å². The van der Waals surface area contributed by atoms with Gasteiger partial charge in [0.2, 0.25) is 0 Å². The molecular formula is C17H25NO6. The number of nitrogens with two attached hydrogens (primary N) is 1. The molecule has 3 atom stereocenters. The van der Waals surface area contributed by atoms with Crippen molar-refractivity contribution in [3.63, 3.8) is 0 Å². The van der Waals surface area contributed by atoms with Gasteiger partial charge in [-0.15, -0.1) is 0 Å². The van der Waals surface area contributed by atoms with Gasteiger partial charge in [0.25, 0.3) is 0 Å². The standard InChI is InChI=1S/C17H25NO6/c1-9(24-15(23)16(2,3)4)13(17(5,18)14(21)22)10-6-7-11(19)12(20)8-10/h6-9,13,19-20H,18H2,1-5H3,(H,21,22). The summed E-state index contributed by atoms with van der Waals surface area (Å²) in [5, 5.41) is 28.6. The van der Waals surface area contributed by atoms with E-state index in [-0.39, 0.29) is 5.75 Å². The van der Waals surface area contributed by atoms with E-state index >= 15 is 0 Å². The quantitative estimate of drug-likeness (QED) is 0.476. The van der Waals surface area contributed by atoms with Gasteiger partial charge in [-0.3, -0.25) is 9.59 Å². The number of aliphatic carboxylic acids is 1. The van der Waals surface area contributed by atoms with Crippen molar-refractivity contribution in [1.29, 1.82) is 0 Å². The van der Waals surface area contributed by atoms with Crippen LogP contribution in [0.1, 0.15) is 46.1 Å². The predicted molar refractivity (Wildman–Crippen MR) is 87.7 cm³/mol. The molecule has 0 radical (unpaired) electrons. The van der Waals surface area contributed by atoms with Crippen LogP contribution in [0.2, 0.25) is 0 Å². The van der Waals surface area contributed by atoms with Crippen molar-refractivity contribution in [3.05, 3.63) is 23.8 Å². The summed E-state index contributed by atoms with van der Waals surface area (Å²) in [6.07, 6.45) is -0.869. The van der Waals surface area contributed by atoms with Gasteiger partial charge in [0, 0.05) is 5.92 Å². The minimum Gasteiger partial charge on any atom is -0.504 e. The Morgan fingerprint density at radius 3 is 2.08 bits per heavy atom. The number of hydrogen-bond donors (Lipinski definition) is 4. The number of phenolic OH excluding ortho intramolecular Hbond substituents is 2. The number of hydrogen-bond acceptors (Lipinski definition) is 6. The molecule has 7 heteroatoms. The summed E-state index contributed by atoms with van der Waals surface area (Å²) in [5.74, 6) is -3.46. The molecule has 1 aromatic rings. The van der Waals surface area contributed by atoms with Crippen molar-refractivity contribution >= 4 is 11.9 Å². The normalized spacial score (nSPS) is 16.8. The molecule has 0 amide bonds. The number of aromatic hydroxyl groups is 2. The Balaban J connectivity index is 3.31. The fourth-order valence-electron chi connectivity index (χ4n) is 2.39. The molecule has 0 heterocycles. The SMILES string of the molecule is CC(OC(=O)C(C)(C)C)C(c1ccc(O)c(O)c1)C(C)(N)C(=O)O. The van der Waals surface area contributed by atoms with Gasteiger partial charge in [-0.2, -0.15) is 0 Å². The minimum atomic E-state index is -1.76. The first-order chi connectivity index (χ1) is 10.8. The van der Waals surface area contributed by atoms with Gasteiger partial charge in [-0.25, -0.2) is 0 Å². The van der Waals surface area contributed by atoms with Crippen LogP contribution in [0.4, 0.5) is 0 Å². The first kappa shape index (κ1) is 19.8. The van der Waals surface area contributed by atoms with Gasteiger partial charge < -0.3 is 25.8 Å². The summed E-state index contributed by atoms with van der Waals surface area (Å²) in [6, 6.07) is 3.89. The number of carboxylic acid groups (broad SMARTS) is 1. The van der Waals surface area contributed by atoms with Crippen molar-refractivity contribution in [3.8, 4) is 11.5 Å². The number of carboxylic acids is 1. The third kappa shape index (κ3) is 4.17. The topological polar surface area (TPSA) is 130 Å². The zero-order chi connectivity index (χ0) is 18.9. The Hall–Kier alpha value is -2.28. The van der Waals surface area contributed by atoms with Gasteiger partial charge >= 0.3 is 11.9 Å². The summed E-state index contributed by atoms with van der Waals surface area (Å²) in [5.41, 5.74) is 3.79. The smallest absolute Gasteiger partial charge is 0.324 e. The maximum Gasteiger partial charge on any atom is 0.324 e. The minimum absolute atomic E-state index is 0.340. The zero-order valence-electron chi connectivity index (χ0n) is 14.5. The van der Waals surface area contributed by atoms with Gasteiger partial charge in [0.15, 0.2) is 11.5 Å². The second-order valence-corrected chi connectivity index (χ2v) is 7.17. The van der Waals surface area contributed by atoms with Crippen LogP contribution in [0, 0.1) is 5.41 Å². The van der Waals surface area contributed by atoms with Crippen LogP contribution in [0.3, 0.4) is 0 Å². The summed E-state index contributed by atoms with van der Waals surface area (Å²) in [7, 11) is 0. The van der Waals surface area contributed by atoms with Crippen molar-refractivity contribution in [2.45, 2.75) is 52.2 Å². The van der Waals surface area contributed by atoms with Crippen molar-refractivity contribution in [2.75, 3.05) is 0 Å². The Morgan fingerprint density at radius 1 is 1.12 bits per heavy atom. The van der Waals surface area contributed by atoms with Crippen LogP contribution in [0.15, 0.2) is 18.2 Å². The molecule has 0 saturated carbocycles. The molecule has 3 unspecified atom stereocenters. The lowest BCUT2D eigenvalue weighted by Gasteiger charge is -2.35. The Kier molecular flexibility index (Phi) is 5.50. The molecule has 0 spiro atoms. The van der Waals surface area contributed by atoms with E-state index in [4.69, 9.17) is 10.5 Å². The number of rotatable bonds is 5. The number of ether oxygens (including phenoxy) is 1. The van der Waals surface area contributed by atoms with Crippen LogP contribution in [0.25, 0.3) is 0 Å². The Labute approximate surface area is 141 Å². The molecule has 24 heavy (non-hydrogen) atoms. The highest BCUT2D eigenvalue weighted by molar-refractivity contribution is 5.80. The second kappa shape index (κ2) is 6.68. The number of esters is 1. The number of carbonyl (C=O) groups is 2. The number of benzene rings is 1. The van der Waals surface area contributed by atoms with Gasteiger partial charge in [0.05, 0.1) is 5.41 Å². The van der Waals surface area contributed by atoms with Crippen LogP contribution >= 0.6 is 0 Å². The first-order valence-electron chi connectivity index (χ1n) is 7.53. The van der Waals surface area contributed by atoms with E-state index in [0.29, 0.717) is 5.56 Å². The van der Waals surface area contributed by atoms with Crippen LogP contribution in [0.5, 0.6) is 11.5 Å². The molecular weight excluding hydrogens is 314 g/mol. The van der Waals surface area contributed by atoms with Crippen molar-refractivity contribution < 1.29 is 29.6 Å². The highest BCUT2D eigenvalue weighted by atomic mass is 16.5. The monoisotopic (exact) mass is 339 g/mol. The summed E-state index contributed by atoms with van der Waals surface area (Å²) in [6.45, 7) is 7.91. The third-order valence-corrected chi connectivity index (χ3v) is 3.84. The molecule has 0 aliphatic carbocycles. The molecule has 1 rings (SSSR count). The van der Waals surface area contributed by atoms with E-state index in [9.17, 15) is 24.9 Å². The Morgan fingerprint density at radius 2 is 1.67 bits per heavy atom. The van der Waals surface area contributed by atoms with E-state index in [1.54, 1.807) is 27.7 Å². The lowest BCUT2D eigenvalue weighted by molar-refractivity contribution is -0.162. The van der Waals surface area contributed by atoms with Crippen LogP contribution in [-0.2, 0) is 14.3 Å². The maximum atomic E-state index is 12.1. The highest BCUT2D eigenvalue weighted by Crippen LogP contribution is 2.37. The third-order valence-electron chi connectivity index (χ3n) is 3.84. The van der Waals surface area contributed by atoms with Crippen molar-refractivity contribution in [2.24, 2.45) is 11.1 Å². The fraction of sp³-hybridized carbons (Fsp3) is 0.529. The maximum absolute atomic E-state index is 12.1. The molecule has 5 N–H and O–H groups in total. The molecule has 0 fully saturated rings. The largest absolute Gasteiger partial charge is 0.504 e. The average Bonchev–Trinajstić information content (AvgIpc) is 2.41. The molecule has 7 nitrogen and oxygen atoms in total. The van der Waals surface area contributed by atoms with E-state index in [0.717, 1.165) is 0 Å². The molecule has 0 aliphatic heterocycles. The molecule has 0 aromatic heterocycles. The van der Waals surface area contributed by atoms with E-state index in [2.05, 4.69) is 0 Å². The number of carbonyl (C=O) groups excluding carboxylic acids is 1. The zero-order valence-corrected chi connectivity index (χ0v) is 14.5. The lowest BCUT2D eigenvalue weighted by atomic mass is 9.77. The van der Waals surface area contributed by atoms with E-state index in [1.807, 2.05) is 0 Å². The summed E-state index contributed by atoms with van der Waals surface area (Å²) < 4.78 is 5.41. The highest BCUT2D eigenvalue weighted by Gasteiger charge is 2.44. The molecule has 1 aromatic carbocycles.